The summed E-state index contributed by atoms with van der Waals surface area (Å²) < 4.78 is 4.67. The summed E-state index contributed by atoms with van der Waals surface area (Å²) in [6, 6.07) is -0.229. The molecule has 0 aliphatic heterocycles. The fourth-order valence-corrected chi connectivity index (χ4v) is 3.89. The normalized spacial score (nSPS) is 33.6. The molecule has 6 nitrogen and oxygen atoms in total. The van der Waals surface area contributed by atoms with E-state index in [-0.39, 0.29) is 29.5 Å². The van der Waals surface area contributed by atoms with Crippen molar-refractivity contribution in [2.75, 3.05) is 6.61 Å². The Morgan fingerprint density at radius 3 is 2.45 bits per heavy atom. The molecule has 2 saturated carbocycles. The average molecular weight is 283 g/mol. The van der Waals surface area contributed by atoms with Gasteiger partial charge in [0.25, 0.3) is 0 Å². The van der Waals surface area contributed by atoms with Gasteiger partial charge in [-0.05, 0) is 42.9 Å². The van der Waals surface area contributed by atoms with Crippen LogP contribution in [0.4, 0.5) is 9.59 Å². The molecule has 0 saturated heterocycles. The maximum absolute atomic E-state index is 11.8. The van der Waals surface area contributed by atoms with Crippen LogP contribution in [0, 0.1) is 16.7 Å². The lowest BCUT2D eigenvalue weighted by Crippen LogP contribution is -2.54. The highest BCUT2D eigenvalue weighted by atomic mass is 16.6. The van der Waals surface area contributed by atoms with Gasteiger partial charge >= 0.3 is 12.1 Å². The predicted octanol–water partition coefficient (Wildman–Crippen LogP) is 2.16. The van der Waals surface area contributed by atoms with E-state index in [1.165, 1.54) is 6.42 Å². The van der Waals surface area contributed by atoms with Gasteiger partial charge in [0, 0.05) is 6.04 Å². The van der Waals surface area contributed by atoms with Gasteiger partial charge in [-0.15, -0.1) is 0 Å². The summed E-state index contributed by atoms with van der Waals surface area (Å²) in [4.78, 5) is 22.9. The first-order valence-electron chi connectivity index (χ1n) is 7.30. The number of carbonyl (C=O) groups is 2. The standard InChI is InChI=1S/C14H25N3O3/c1-5-20-12(19)17-16-11(18)15-10-8-9-6-7-14(10,4)13(9,2)3/h9-10H,5-8H2,1-4H3,(H,17,19)(H2,15,16,18)/t9-,10+,14+/m1/s1. The third-order valence-electron chi connectivity index (χ3n) is 5.65. The molecule has 2 rings (SSSR count). The summed E-state index contributed by atoms with van der Waals surface area (Å²) >= 11 is 0. The zero-order chi connectivity index (χ0) is 15.0. The Balaban J connectivity index is 1.86. The maximum Gasteiger partial charge on any atom is 0.426 e. The van der Waals surface area contributed by atoms with Crippen LogP contribution in [-0.4, -0.2) is 24.8 Å². The number of amides is 3. The molecule has 3 N–H and O–H groups in total. The number of ether oxygens (including phenoxy) is 1. The van der Waals surface area contributed by atoms with Crippen molar-refractivity contribution in [1.82, 2.24) is 16.2 Å². The summed E-state index contributed by atoms with van der Waals surface area (Å²) in [6.45, 7) is 8.81. The molecule has 0 unspecified atom stereocenters. The van der Waals surface area contributed by atoms with E-state index >= 15 is 0 Å². The minimum Gasteiger partial charge on any atom is -0.449 e. The quantitative estimate of drug-likeness (QED) is 0.679. The number of hydrazine groups is 1. The van der Waals surface area contributed by atoms with Gasteiger partial charge in [-0.3, -0.25) is 0 Å². The lowest BCUT2D eigenvalue weighted by Gasteiger charge is -2.39. The highest BCUT2D eigenvalue weighted by Gasteiger charge is 2.61. The van der Waals surface area contributed by atoms with Crippen molar-refractivity contribution in [1.29, 1.82) is 0 Å². The predicted molar refractivity (Wildman–Crippen MR) is 74.8 cm³/mol. The van der Waals surface area contributed by atoms with Crippen molar-refractivity contribution in [2.24, 2.45) is 16.7 Å². The molecule has 114 valence electrons. The molecule has 0 radical (unpaired) electrons. The molecule has 6 heteroatoms. The number of hydrogen-bond donors (Lipinski definition) is 3. The van der Waals surface area contributed by atoms with Crippen LogP contribution in [0.25, 0.3) is 0 Å². The molecule has 3 atom stereocenters. The third-order valence-corrected chi connectivity index (χ3v) is 5.65. The zero-order valence-corrected chi connectivity index (χ0v) is 12.7. The fraction of sp³-hybridized carbons (Fsp3) is 0.857. The summed E-state index contributed by atoms with van der Waals surface area (Å²) in [5.74, 6) is 0.663. The van der Waals surface area contributed by atoms with Crippen LogP contribution in [-0.2, 0) is 4.74 Å². The summed E-state index contributed by atoms with van der Waals surface area (Å²) in [6.07, 6.45) is 2.74. The van der Waals surface area contributed by atoms with Crippen LogP contribution in [0.3, 0.4) is 0 Å². The number of hydrogen-bond acceptors (Lipinski definition) is 3. The van der Waals surface area contributed by atoms with Crippen molar-refractivity contribution in [2.45, 2.75) is 53.0 Å². The number of rotatable bonds is 2. The van der Waals surface area contributed by atoms with Crippen molar-refractivity contribution in [3.63, 3.8) is 0 Å². The molecule has 0 heterocycles. The Hall–Kier alpha value is -1.46. The van der Waals surface area contributed by atoms with Gasteiger partial charge in [0.15, 0.2) is 0 Å². The van der Waals surface area contributed by atoms with E-state index in [1.54, 1.807) is 6.92 Å². The van der Waals surface area contributed by atoms with Gasteiger partial charge in [0.05, 0.1) is 6.61 Å². The van der Waals surface area contributed by atoms with Gasteiger partial charge in [0.2, 0.25) is 0 Å². The molecule has 2 bridgehead atoms. The van der Waals surface area contributed by atoms with E-state index in [0.717, 1.165) is 12.8 Å². The van der Waals surface area contributed by atoms with Crippen LogP contribution in [0.15, 0.2) is 0 Å². The van der Waals surface area contributed by atoms with Crippen LogP contribution >= 0.6 is 0 Å². The van der Waals surface area contributed by atoms with Crippen molar-refractivity contribution >= 4 is 12.1 Å². The molecule has 0 aromatic rings. The number of urea groups is 1. The molecule has 2 aliphatic rings. The lowest BCUT2D eigenvalue weighted by molar-refractivity contribution is 0.121. The number of nitrogens with one attached hydrogen (secondary N) is 3. The van der Waals surface area contributed by atoms with Gasteiger partial charge in [-0.1, -0.05) is 20.8 Å². The van der Waals surface area contributed by atoms with Crippen molar-refractivity contribution in [3.05, 3.63) is 0 Å². The SMILES string of the molecule is CCOC(=O)NNC(=O)N[C@H]1C[C@H]2CC[C@]1(C)C2(C)C. The van der Waals surface area contributed by atoms with Crippen molar-refractivity contribution < 1.29 is 14.3 Å². The highest BCUT2D eigenvalue weighted by Crippen LogP contribution is 2.65. The second kappa shape index (κ2) is 5.14. The monoisotopic (exact) mass is 283 g/mol. The molecule has 3 amide bonds. The first kappa shape index (κ1) is 14.9. The molecular weight excluding hydrogens is 258 g/mol. The van der Waals surface area contributed by atoms with E-state index in [2.05, 4.69) is 41.7 Å². The summed E-state index contributed by atoms with van der Waals surface area (Å²) in [5, 5.41) is 2.98. The van der Waals surface area contributed by atoms with E-state index < -0.39 is 6.09 Å². The smallest absolute Gasteiger partial charge is 0.426 e. The highest BCUT2D eigenvalue weighted by molar-refractivity contribution is 5.77. The second-order valence-corrected chi connectivity index (χ2v) is 6.61. The van der Waals surface area contributed by atoms with Gasteiger partial charge in [-0.25, -0.2) is 20.4 Å². The average Bonchev–Trinajstić information content (AvgIpc) is 2.70. The van der Waals surface area contributed by atoms with Gasteiger partial charge < -0.3 is 10.1 Å². The minimum atomic E-state index is -0.651. The second-order valence-electron chi connectivity index (χ2n) is 6.61. The molecule has 2 aliphatic carbocycles. The minimum absolute atomic E-state index is 0.124. The first-order valence-corrected chi connectivity index (χ1v) is 7.30. The zero-order valence-electron chi connectivity index (χ0n) is 12.7. The van der Waals surface area contributed by atoms with E-state index in [4.69, 9.17) is 0 Å². The number of carbonyl (C=O) groups excluding carboxylic acids is 2. The van der Waals surface area contributed by atoms with Crippen LogP contribution < -0.4 is 16.2 Å². The molecule has 0 aromatic carbocycles. The molecular formula is C14H25N3O3. The lowest BCUT2D eigenvalue weighted by atomic mass is 9.69. The van der Waals surface area contributed by atoms with E-state index in [1.807, 2.05) is 0 Å². The molecule has 0 spiro atoms. The van der Waals surface area contributed by atoms with Gasteiger partial charge in [0.1, 0.15) is 0 Å². The Kier molecular flexibility index (Phi) is 3.84. The summed E-state index contributed by atoms with van der Waals surface area (Å²) in [7, 11) is 0. The van der Waals surface area contributed by atoms with Crippen LogP contribution in [0.1, 0.15) is 47.0 Å². The largest absolute Gasteiger partial charge is 0.449 e. The third kappa shape index (κ3) is 2.31. The van der Waals surface area contributed by atoms with E-state index in [9.17, 15) is 9.59 Å². The Bertz CT molecular complexity index is 410. The first-order chi connectivity index (χ1) is 9.31. The van der Waals surface area contributed by atoms with Crippen LogP contribution in [0.2, 0.25) is 0 Å². The fourth-order valence-electron chi connectivity index (χ4n) is 3.89. The Morgan fingerprint density at radius 2 is 1.95 bits per heavy atom. The van der Waals surface area contributed by atoms with E-state index in [0.29, 0.717) is 5.92 Å². The number of fused-ring (bicyclic) bond motifs is 2. The van der Waals surface area contributed by atoms with Crippen molar-refractivity contribution in [3.8, 4) is 0 Å². The topological polar surface area (TPSA) is 79.5 Å². The molecule has 20 heavy (non-hydrogen) atoms. The Labute approximate surface area is 120 Å². The molecule has 2 fully saturated rings. The Morgan fingerprint density at radius 1 is 1.25 bits per heavy atom. The maximum atomic E-state index is 11.8. The van der Waals surface area contributed by atoms with Gasteiger partial charge in [-0.2, -0.15) is 0 Å². The van der Waals surface area contributed by atoms with Crippen LogP contribution in [0.5, 0.6) is 0 Å². The summed E-state index contributed by atoms with van der Waals surface area (Å²) in [5.41, 5.74) is 4.91. The molecule has 0 aromatic heterocycles.